The van der Waals surface area contributed by atoms with Gasteiger partial charge < -0.3 is 4.90 Å². The van der Waals surface area contributed by atoms with Gasteiger partial charge in [-0.1, -0.05) is 19.3 Å². The van der Waals surface area contributed by atoms with Gasteiger partial charge in [0, 0.05) is 13.1 Å². The van der Waals surface area contributed by atoms with Crippen molar-refractivity contribution in [2.75, 3.05) is 26.3 Å². The molecule has 0 radical (unpaired) electrons. The van der Waals surface area contributed by atoms with Gasteiger partial charge in [0.2, 0.25) is 0 Å². The maximum atomic E-state index is 12.2. The van der Waals surface area contributed by atoms with Gasteiger partial charge in [-0.2, -0.15) is 0 Å². The summed E-state index contributed by atoms with van der Waals surface area (Å²) in [5.74, 6) is 0. The molecule has 1 saturated carbocycles. The third-order valence-corrected chi connectivity index (χ3v) is 3.83. The molecule has 1 aliphatic carbocycles. The van der Waals surface area contributed by atoms with E-state index in [-0.39, 0.29) is 19.1 Å². The Morgan fingerprint density at radius 2 is 1.79 bits per heavy atom. The van der Waals surface area contributed by atoms with Crippen molar-refractivity contribution in [1.82, 2.24) is 4.90 Å². The monoisotopic (exact) mass is 221 g/mol. The predicted octanol–water partition coefficient (Wildman–Crippen LogP) is 3.03. The largest absolute Gasteiger partial charge is 0.300 e. The number of likely N-dealkylation sites (tertiary alicyclic amines) is 1. The normalized spacial score (nSPS) is 26.4. The van der Waals surface area contributed by atoms with E-state index >= 15 is 0 Å². The van der Waals surface area contributed by atoms with Crippen LogP contribution >= 0.6 is 12.4 Å². The molecule has 0 bridgehead atoms. The van der Waals surface area contributed by atoms with E-state index in [1.807, 2.05) is 0 Å². The second-order valence-electron chi connectivity index (χ2n) is 4.78. The third-order valence-electron chi connectivity index (χ3n) is 3.83. The molecule has 2 aliphatic rings. The number of alkyl halides is 1. The zero-order valence-electron chi connectivity index (χ0n) is 8.80. The maximum Gasteiger partial charge on any atom is 0.102 e. The average Bonchev–Trinajstić information content (AvgIpc) is 2.51. The van der Waals surface area contributed by atoms with Crippen molar-refractivity contribution in [3.8, 4) is 0 Å². The SMILES string of the molecule is Cl.FCCN1CCC2(CCCCC2)C1. The Hall–Kier alpha value is 0.180. The van der Waals surface area contributed by atoms with Crippen LogP contribution in [0.25, 0.3) is 0 Å². The molecular weight excluding hydrogens is 201 g/mol. The summed E-state index contributed by atoms with van der Waals surface area (Å²) in [6.07, 6.45) is 8.36. The van der Waals surface area contributed by atoms with E-state index in [0.717, 1.165) is 6.54 Å². The summed E-state index contributed by atoms with van der Waals surface area (Å²) in [6, 6.07) is 0. The van der Waals surface area contributed by atoms with Crippen LogP contribution in [0.5, 0.6) is 0 Å². The summed E-state index contributed by atoms with van der Waals surface area (Å²) >= 11 is 0. The molecule has 0 aromatic heterocycles. The predicted molar refractivity (Wildman–Crippen MR) is 59.8 cm³/mol. The minimum absolute atomic E-state index is 0. The van der Waals surface area contributed by atoms with Gasteiger partial charge in [-0.3, -0.25) is 0 Å². The van der Waals surface area contributed by atoms with Gasteiger partial charge >= 0.3 is 0 Å². The maximum absolute atomic E-state index is 12.2. The van der Waals surface area contributed by atoms with Crippen molar-refractivity contribution >= 4 is 12.4 Å². The van der Waals surface area contributed by atoms with Gasteiger partial charge in [-0.15, -0.1) is 12.4 Å². The van der Waals surface area contributed by atoms with Crippen LogP contribution < -0.4 is 0 Å². The molecule has 0 amide bonds. The summed E-state index contributed by atoms with van der Waals surface area (Å²) in [6.45, 7) is 2.82. The molecular formula is C11H21ClFN. The van der Waals surface area contributed by atoms with Crippen LogP contribution in [0.3, 0.4) is 0 Å². The highest BCUT2D eigenvalue weighted by Crippen LogP contribution is 2.43. The van der Waals surface area contributed by atoms with Gasteiger partial charge in [0.05, 0.1) is 0 Å². The quantitative estimate of drug-likeness (QED) is 0.693. The van der Waals surface area contributed by atoms with Crippen LogP contribution in [-0.2, 0) is 0 Å². The van der Waals surface area contributed by atoms with E-state index in [1.165, 1.54) is 45.1 Å². The molecule has 0 N–H and O–H groups in total. The lowest BCUT2D eigenvalue weighted by Gasteiger charge is -2.33. The van der Waals surface area contributed by atoms with E-state index in [9.17, 15) is 4.39 Å². The minimum atomic E-state index is -0.171. The lowest BCUT2D eigenvalue weighted by atomic mass is 9.73. The Labute approximate surface area is 92.5 Å². The van der Waals surface area contributed by atoms with E-state index in [4.69, 9.17) is 0 Å². The Bertz CT molecular complexity index is 169. The fraction of sp³-hybridized carbons (Fsp3) is 1.00. The molecule has 0 unspecified atom stereocenters. The standard InChI is InChI=1S/C11H20FN.ClH/c12-7-9-13-8-6-11(10-13)4-2-1-3-5-11;/h1-10H2;1H. The van der Waals surface area contributed by atoms with Crippen molar-refractivity contribution in [3.05, 3.63) is 0 Å². The molecule has 14 heavy (non-hydrogen) atoms. The van der Waals surface area contributed by atoms with Crippen LogP contribution in [0.15, 0.2) is 0 Å². The molecule has 1 saturated heterocycles. The number of halogens is 2. The zero-order valence-corrected chi connectivity index (χ0v) is 9.62. The van der Waals surface area contributed by atoms with Crippen molar-refractivity contribution in [3.63, 3.8) is 0 Å². The fourth-order valence-electron chi connectivity index (χ4n) is 3.05. The minimum Gasteiger partial charge on any atom is -0.300 e. The smallest absolute Gasteiger partial charge is 0.102 e. The topological polar surface area (TPSA) is 3.24 Å². The number of nitrogens with zero attached hydrogens (tertiary/aromatic N) is 1. The van der Waals surface area contributed by atoms with Crippen LogP contribution in [0.2, 0.25) is 0 Å². The highest BCUT2D eigenvalue weighted by molar-refractivity contribution is 5.85. The lowest BCUT2D eigenvalue weighted by molar-refractivity contribution is 0.182. The third kappa shape index (κ3) is 2.60. The average molecular weight is 222 g/mol. The molecule has 1 heterocycles. The summed E-state index contributed by atoms with van der Waals surface area (Å²) in [5.41, 5.74) is 0.605. The second-order valence-corrected chi connectivity index (χ2v) is 4.78. The molecule has 1 aliphatic heterocycles. The van der Waals surface area contributed by atoms with Crippen LogP contribution in [-0.4, -0.2) is 31.2 Å². The molecule has 2 rings (SSSR count). The van der Waals surface area contributed by atoms with E-state index in [2.05, 4.69) is 4.90 Å². The zero-order chi connectivity index (χ0) is 9.15. The van der Waals surface area contributed by atoms with Gasteiger partial charge in [0.15, 0.2) is 0 Å². The lowest BCUT2D eigenvalue weighted by Crippen LogP contribution is -2.30. The number of hydrogen-bond donors (Lipinski definition) is 0. The summed E-state index contributed by atoms with van der Waals surface area (Å²) in [7, 11) is 0. The summed E-state index contributed by atoms with van der Waals surface area (Å²) in [4.78, 5) is 2.31. The van der Waals surface area contributed by atoms with Crippen LogP contribution in [0.1, 0.15) is 38.5 Å². The van der Waals surface area contributed by atoms with Gasteiger partial charge in [-0.05, 0) is 31.2 Å². The van der Waals surface area contributed by atoms with Crippen LogP contribution in [0, 0.1) is 5.41 Å². The highest BCUT2D eigenvalue weighted by atomic mass is 35.5. The van der Waals surface area contributed by atoms with Gasteiger partial charge in [0.1, 0.15) is 6.67 Å². The molecule has 0 aromatic carbocycles. The number of hydrogen-bond acceptors (Lipinski definition) is 1. The highest BCUT2D eigenvalue weighted by Gasteiger charge is 2.38. The first kappa shape index (κ1) is 12.3. The Morgan fingerprint density at radius 1 is 1.07 bits per heavy atom. The molecule has 1 nitrogen and oxygen atoms in total. The van der Waals surface area contributed by atoms with E-state index < -0.39 is 0 Å². The van der Waals surface area contributed by atoms with Crippen LogP contribution in [0.4, 0.5) is 4.39 Å². The molecule has 1 spiro atoms. The first-order valence-corrected chi connectivity index (χ1v) is 5.63. The van der Waals surface area contributed by atoms with Gasteiger partial charge in [-0.25, -0.2) is 4.39 Å². The van der Waals surface area contributed by atoms with Crippen molar-refractivity contribution in [2.24, 2.45) is 5.41 Å². The van der Waals surface area contributed by atoms with Gasteiger partial charge in [0.25, 0.3) is 0 Å². The van der Waals surface area contributed by atoms with Crippen molar-refractivity contribution in [1.29, 1.82) is 0 Å². The first-order chi connectivity index (χ1) is 6.35. The fourth-order valence-corrected chi connectivity index (χ4v) is 3.05. The first-order valence-electron chi connectivity index (χ1n) is 5.63. The summed E-state index contributed by atoms with van der Waals surface area (Å²) in [5, 5.41) is 0. The molecule has 84 valence electrons. The number of rotatable bonds is 2. The molecule has 3 heteroatoms. The Balaban J connectivity index is 0.000000980. The summed E-state index contributed by atoms with van der Waals surface area (Å²) < 4.78 is 12.2. The van der Waals surface area contributed by atoms with E-state index in [0.29, 0.717) is 12.0 Å². The second kappa shape index (κ2) is 5.32. The molecule has 2 fully saturated rings. The van der Waals surface area contributed by atoms with Crippen molar-refractivity contribution < 1.29 is 4.39 Å². The van der Waals surface area contributed by atoms with Crippen molar-refractivity contribution in [2.45, 2.75) is 38.5 Å². The Morgan fingerprint density at radius 3 is 2.43 bits per heavy atom. The Kier molecular flexibility index (Phi) is 4.65. The molecule has 0 atom stereocenters. The molecule has 0 aromatic rings. The van der Waals surface area contributed by atoms with E-state index in [1.54, 1.807) is 0 Å².